The number of likely N-dealkylation sites (N-methyl/N-ethyl adjacent to an activating group) is 1. The topological polar surface area (TPSA) is 46.3 Å². The first-order valence-electron chi connectivity index (χ1n) is 4.59. The fourth-order valence-electron chi connectivity index (χ4n) is 1.34. The third kappa shape index (κ3) is 2.33. The Kier molecular flexibility index (Phi) is 3.66. The van der Waals surface area contributed by atoms with E-state index in [0.29, 0.717) is 13.1 Å². The zero-order chi connectivity index (χ0) is 10.7. The Morgan fingerprint density at radius 1 is 1.57 bits per heavy atom. The Morgan fingerprint density at radius 2 is 2.21 bits per heavy atom. The number of thiophene rings is 1. The van der Waals surface area contributed by atoms with Crippen LogP contribution >= 0.6 is 11.3 Å². The van der Waals surface area contributed by atoms with E-state index in [2.05, 4.69) is 0 Å². The summed E-state index contributed by atoms with van der Waals surface area (Å²) in [5.41, 5.74) is 6.21. The zero-order valence-corrected chi connectivity index (χ0v) is 9.65. The molecule has 0 atom stereocenters. The van der Waals surface area contributed by atoms with Gasteiger partial charge in [0.15, 0.2) is 0 Å². The molecule has 0 radical (unpaired) electrons. The summed E-state index contributed by atoms with van der Waals surface area (Å²) < 4.78 is 0. The van der Waals surface area contributed by atoms with Crippen LogP contribution in [0, 0.1) is 13.8 Å². The van der Waals surface area contributed by atoms with Gasteiger partial charge in [-0.05, 0) is 19.9 Å². The predicted octanol–water partition coefficient (Wildman–Crippen LogP) is 1.40. The molecule has 3 nitrogen and oxygen atoms in total. The highest BCUT2D eigenvalue weighted by Gasteiger charge is 2.15. The van der Waals surface area contributed by atoms with Gasteiger partial charge in [-0.15, -0.1) is 11.3 Å². The molecule has 1 heterocycles. The van der Waals surface area contributed by atoms with Crippen LogP contribution in [-0.4, -0.2) is 30.9 Å². The van der Waals surface area contributed by atoms with E-state index in [1.165, 1.54) is 4.88 Å². The first kappa shape index (κ1) is 11.2. The summed E-state index contributed by atoms with van der Waals surface area (Å²) in [5, 5.41) is 0. The molecule has 78 valence electrons. The summed E-state index contributed by atoms with van der Waals surface area (Å²) in [6.07, 6.45) is 0. The van der Waals surface area contributed by atoms with Gasteiger partial charge in [-0.1, -0.05) is 0 Å². The summed E-state index contributed by atoms with van der Waals surface area (Å²) in [4.78, 5) is 15.8. The number of amides is 1. The van der Waals surface area contributed by atoms with Crippen LogP contribution in [0.1, 0.15) is 20.1 Å². The van der Waals surface area contributed by atoms with Gasteiger partial charge in [0, 0.05) is 29.9 Å². The second kappa shape index (κ2) is 4.57. The molecule has 0 aromatic carbocycles. The molecule has 0 saturated heterocycles. The maximum Gasteiger partial charge on any atom is 0.254 e. The SMILES string of the molecule is Cc1cc(C(=O)N(C)CCN)c(C)s1. The minimum Gasteiger partial charge on any atom is -0.340 e. The van der Waals surface area contributed by atoms with E-state index in [-0.39, 0.29) is 5.91 Å². The number of nitrogens with zero attached hydrogens (tertiary/aromatic N) is 1. The molecule has 0 fully saturated rings. The van der Waals surface area contributed by atoms with Crippen molar-refractivity contribution in [2.24, 2.45) is 5.73 Å². The van der Waals surface area contributed by atoms with Crippen molar-refractivity contribution in [3.8, 4) is 0 Å². The molecule has 14 heavy (non-hydrogen) atoms. The van der Waals surface area contributed by atoms with Crippen LogP contribution in [-0.2, 0) is 0 Å². The average Bonchev–Trinajstić information content (AvgIpc) is 2.44. The van der Waals surface area contributed by atoms with Gasteiger partial charge in [-0.2, -0.15) is 0 Å². The van der Waals surface area contributed by atoms with E-state index in [9.17, 15) is 4.79 Å². The summed E-state index contributed by atoms with van der Waals surface area (Å²) >= 11 is 1.65. The summed E-state index contributed by atoms with van der Waals surface area (Å²) in [5.74, 6) is 0.0669. The van der Waals surface area contributed by atoms with E-state index in [1.54, 1.807) is 23.3 Å². The molecule has 1 rings (SSSR count). The largest absolute Gasteiger partial charge is 0.340 e. The van der Waals surface area contributed by atoms with E-state index in [1.807, 2.05) is 19.9 Å². The van der Waals surface area contributed by atoms with E-state index in [0.717, 1.165) is 10.4 Å². The van der Waals surface area contributed by atoms with Gasteiger partial charge in [0.2, 0.25) is 0 Å². The Hall–Kier alpha value is -0.870. The van der Waals surface area contributed by atoms with Crippen LogP contribution in [0.25, 0.3) is 0 Å². The third-order valence-electron chi connectivity index (χ3n) is 2.08. The van der Waals surface area contributed by atoms with Gasteiger partial charge in [-0.25, -0.2) is 0 Å². The van der Waals surface area contributed by atoms with Gasteiger partial charge in [0.1, 0.15) is 0 Å². The lowest BCUT2D eigenvalue weighted by Crippen LogP contribution is -2.31. The average molecular weight is 212 g/mol. The number of carbonyl (C=O) groups excluding carboxylic acids is 1. The maximum atomic E-state index is 11.8. The Balaban J connectivity index is 2.83. The number of rotatable bonds is 3. The van der Waals surface area contributed by atoms with Gasteiger partial charge >= 0.3 is 0 Å². The lowest BCUT2D eigenvalue weighted by Gasteiger charge is -2.15. The highest BCUT2D eigenvalue weighted by molar-refractivity contribution is 7.12. The van der Waals surface area contributed by atoms with Crippen LogP contribution in [0.15, 0.2) is 6.07 Å². The van der Waals surface area contributed by atoms with E-state index >= 15 is 0 Å². The Labute approximate surface area is 88.5 Å². The summed E-state index contributed by atoms with van der Waals surface area (Å²) in [7, 11) is 1.78. The zero-order valence-electron chi connectivity index (χ0n) is 8.83. The lowest BCUT2D eigenvalue weighted by atomic mass is 10.2. The molecule has 4 heteroatoms. The van der Waals surface area contributed by atoms with Gasteiger partial charge in [0.05, 0.1) is 5.56 Å². The monoisotopic (exact) mass is 212 g/mol. The molecule has 1 amide bonds. The van der Waals surface area contributed by atoms with Crippen LogP contribution < -0.4 is 5.73 Å². The summed E-state index contributed by atoms with van der Waals surface area (Å²) in [6.45, 7) is 5.09. The molecule has 0 saturated carbocycles. The second-order valence-corrected chi connectivity index (χ2v) is 4.80. The molecule has 1 aromatic heterocycles. The number of aryl methyl sites for hydroxylation is 2. The predicted molar refractivity (Wildman–Crippen MR) is 59.8 cm³/mol. The maximum absolute atomic E-state index is 11.8. The molecular weight excluding hydrogens is 196 g/mol. The van der Waals surface area contributed by atoms with E-state index in [4.69, 9.17) is 5.73 Å². The molecule has 2 N–H and O–H groups in total. The van der Waals surface area contributed by atoms with Crippen LogP contribution in [0.4, 0.5) is 0 Å². The first-order chi connectivity index (χ1) is 6.56. The number of hydrogen-bond acceptors (Lipinski definition) is 3. The second-order valence-electron chi connectivity index (χ2n) is 3.34. The van der Waals surface area contributed by atoms with Crippen LogP contribution in [0.3, 0.4) is 0 Å². The van der Waals surface area contributed by atoms with Crippen molar-refractivity contribution >= 4 is 17.2 Å². The van der Waals surface area contributed by atoms with Crippen molar-refractivity contribution < 1.29 is 4.79 Å². The van der Waals surface area contributed by atoms with Crippen LogP contribution in [0.2, 0.25) is 0 Å². The molecule has 1 aromatic rings. The normalized spacial score (nSPS) is 10.3. The lowest BCUT2D eigenvalue weighted by molar-refractivity contribution is 0.0799. The first-order valence-corrected chi connectivity index (χ1v) is 5.40. The molecule has 0 unspecified atom stereocenters. The van der Waals surface area contributed by atoms with Crippen molar-refractivity contribution in [1.29, 1.82) is 0 Å². The van der Waals surface area contributed by atoms with Crippen molar-refractivity contribution in [3.63, 3.8) is 0 Å². The van der Waals surface area contributed by atoms with Gasteiger partial charge in [0.25, 0.3) is 5.91 Å². The Bertz CT molecular complexity index is 333. The molecule has 0 spiro atoms. The van der Waals surface area contributed by atoms with E-state index < -0.39 is 0 Å². The van der Waals surface area contributed by atoms with Crippen molar-refractivity contribution in [2.45, 2.75) is 13.8 Å². The highest BCUT2D eigenvalue weighted by atomic mass is 32.1. The van der Waals surface area contributed by atoms with Crippen LogP contribution in [0.5, 0.6) is 0 Å². The third-order valence-corrected chi connectivity index (χ3v) is 3.05. The van der Waals surface area contributed by atoms with Crippen molar-refractivity contribution in [1.82, 2.24) is 4.90 Å². The molecule has 0 aliphatic carbocycles. The van der Waals surface area contributed by atoms with Crippen molar-refractivity contribution in [2.75, 3.05) is 20.1 Å². The van der Waals surface area contributed by atoms with Crippen molar-refractivity contribution in [3.05, 3.63) is 21.4 Å². The Morgan fingerprint density at radius 3 is 2.64 bits per heavy atom. The molecule has 0 bridgehead atoms. The summed E-state index contributed by atoms with van der Waals surface area (Å²) in [6, 6.07) is 1.94. The molecular formula is C10H16N2OS. The fraction of sp³-hybridized carbons (Fsp3) is 0.500. The minimum atomic E-state index is 0.0669. The smallest absolute Gasteiger partial charge is 0.254 e. The highest BCUT2D eigenvalue weighted by Crippen LogP contribution is 2.21. The quantitative estimate of drug-likeness (QED) is 0.823. The minimum absolute atomic E-state index is 0.0669. The fourth-order valence-corrected chi connectivity index (χ4v) is 2.26. The van der Waals surface area contributed by atoms with Gasteiger partial charge < -0.3 is 10.6 Å². The standard InChI is InChI=1S/C10H16N2OS/c1-7-6-9(8(2)14-7)10(13)12(3)5-4-11/h6H,4-5,11H2,1-3H3. The van der Waals surface area contributed by atoms with Gasteiger partial charge in [-0.3, -0.25) is 4.79 Å². The molecule has 0 aliphatic heterocycles. The number of nitrogens with two attached hydrogens (primary N) is 1. The number of hydrogen-bond donors (Lipinski definition) is 1. The number of carbonyl (C=O) groups is 1. The molecule has 0 aliphatic rings.